The van der Waals surface area contributed by atoms with Crippen LogP contribution in [0.15, 0.2) is 168 Å². The Bertz CT molecular complexity index is 3880. The highest BCUT2D eigenvalue weighted by atomic mass is 16.5. The molecule has 0 aliphatic carbocycles. The molecule has 0 aliphatic heterocycles. The number of ether oxygens (including phenoxy) is 4. The quantitative estimate of drug-likeness (QED) is 0.0266. The number of rotatable bonds is 29. The minimum absolute atomic E-state index is 0.592. The Morgan fingerprint density at radius 1 is 0.304 bits per heavy atom. The van der Waals surface area contributed by atoms with Gasteiger partial charge in [0, 0.05) is 44.5 Å². The molecule has 92 heavy (non-hydrogen) atoms. The van der Waals surface area contributed by atoms with Crippen LogP contribution in [0, 0.1) is 77.0 Å². The van der Waals surface area contributed by atoms with Gasteiger partial charge in [-0.05, 0) is 277 Å². The Kier molecular flexibility index (Phi) is 27.1. The van der Waals surface area contributed by atoms with Crippen molar-refractivity contribution in [2.75, 3.05) is 26.4 Å². The summed E-state index contributed by atoms with van der Waals surface area (Å²) in [4.78, 5) is 0. The predicted octanol–water partition coefficient (Wildman–Crippen LogP) is 22.9. The van der Waals surface area contributed by atoms with Gasteiger partial charge in [0.25, 0.3) is 0 Å². The van der Waals surface area contributed by atoms with Crippen molar-refractivity contribution in [1.29, 1.82) is 0 Å². The van der Waals surface area contributed by atoms with Crippen molar-refractivity contribution in [3.05, 3.63) is 213 Å². The second kappa shape index (κ2) is 35.9. The Hall–Kier alpha value is -8.54. The molecule has 0 saturated carbocycles. The molecule has 0 radical (unpaired) electrons. The van der Waals surface area contributed by atoms with Gasteiger partial charge in [-0.2, -0.15) is 0 Å². The van der Waals surface area contributed by atoms with Crippen molar-refractivity contribution in [2.45, 2.75) is 167 Å². The van der Waals surface area contributed by atoms with Gasteiger partial charge in [0.1, 0.15) is 23.0 Å². The van der Waals surface area contributed by atoms with Crippen LogP contribution in [0.2, 0.25) is 0 Å². The molecule has 4 atom stereocenters. The van der Waals surface area contributed by atoms with E-state index >= 15 is 0 Å². The number of hydrogen-bond donors (Lipinski definition) is 0. The monoisotopic (exact) mass is 1220 g/mol. The molecule has 0 unspecified atom stereocenters. The normalized spacial score (nSPS) is 12.2. The fraction of sp³-hybridized carbons (Fsp3) is 0.386. The summed E-state index contributed by atoms with van der Waals surface area (Å²) in [6.07, 6.45) is 21.7. The van der Waals surface area contributed by atoms with Crippen LogP contribution in [0.4, 0.5) is 0 Å². The van der Waals surface area contributed by atoms with Crippen LogP contribution in [0.25, 0.3) is 32.3 Å². The summed E-state index contributed by atoms with van der Waals surface area (Å²) in [6.45, 7) is 29.6. The van der Waals surface area contributed by atoms with Gasteiger partial charge in [-0.25, -0.2) is 0 Å². The SMILES string of the molecule is CC(C)=CCC[C@H](C)CCOc1ccc(C#Cc2cc(C#Cc3ccc(OCC[C@@H](C)CCC=C(C)C)cc3)c3ccc4c(C#Cc5ccc(OCC[C@@H](C)CCCC(C)C)cc5)cc(C#Cc5ccc(OCC[C@@H](C)CCC=C(C)C)cc5)c5ccc2c3c54)cc1. The van der Waals surface area contributed by atoms with Crippen LogP contribution in [-0.2, 0) is 0 Å². The van der Waals surface area contributed by atoms with Gasteiger partial charge in [-0.3, -0.25) is 0 Å². The first kappa shape index (κ1) is 69.4. The molecule has 0 bridgehead atoms. The van der Waals surface area contributed by atoms with E-state index in [1.165, 1.54) is 36.0 Å². The maximum atomic E-state index is 6.25. The largest absolute Gasteiger partial charge is 0.494 e. The zero-order valence-corrected chi connectivity index (χ0v) is 57.5. The topological polar surface area (TPSA) is 36.9 Å². The van der Waals surface area contributed by atoms with Crippen LogP contribution in [-0.4, -0.2) is 26.4 Å². The van der Waals surface area contributed by atoms with Crippen molar-refractivity contribution >= 4 is 32.3 Å². The van der Waals surface area contributed by atoms with Crippen LogP contribution >= 0.6 is 0 Å². The smallest absolute Gasteiger partial charge is 0.119 e. The summed E-state index contributed by atoms with van der Waals surface area (Å²) in [5.74, 6) is 35.3. The first-order valence-electron chi connectivity index (χ1n) is 34.2. The maximum absolute atomic E-state index is 6.25. The van der Waals surface area contributed by atoms with Crippen molar-refractivity contribution in [3.8, 4) is 70.4 Å². The summed E-state index contributed by atoms with van der Waals surface area (Å²) in [5.41, 5.74) is 11.3. The minimum atomic E-state index is 0.592. The van der Waals surface area contributed by atoms with Gasteiger partial charge >= 0.3 is 0 Å². The van der Waals surface area contributed by atoms with Crippen LogP contribution in [0.3, 0.4) is 0 Å². The van der Waals surface area contributed by atoms with Crippen molar-refractivity contribution in [2.24, 2.45) is 29.6 Å². The van der Waals surface area contributed by atoms with E-state index in [4.69, 9.17) is 18.9 Å². The lowest BCUT2D eigenvalue weighted by atomic mass is 9.86. The third-order valence-electron chi connectivity index (χ3n) is 17.3. The van der Waals surface area contributed by atoms with Gasteiger partial charge in [0.05, 0.1) is 26.4 Å². The van der Waals surface area contributed by atoms with Crippen molar-refractivity contribution in [3.63, 3.8) is 0 Å². The van der Waals surface area contributed by atoms with Crippen LogP contribution in [0.1, 0.15) is 211 Å². The number of hydrogen-bond acceptors (Lipinski definition) is 4. The van der Waals surface area contributed by atoms with Crippen molar-refractivity contribution < 1.29 is 18.9 Å². The molecule has 8 rings (SSSR count). The Balaban J connectivity index is 1.15. The lowest BCUT2D eigenvalue weighted by molar-refractivity contribution is 0.275. The highest BCUT2D eigenvalue weighted by Gasteiger charge is 2.18. The molecule has 0 amide bonds. The summed E-state index contributed by atoms with van der Waals surface area (Å²) in [7, 11) is 0. The average Bonchev–Trinajstić information content (AvgIpc) is 0.725. The highest BCUT2D eigenvalue weighted by Crippen LogP contribution is 2.40. The molecule has 0 heterocycles. The summed E-state index contributed by atoms with van der Waals surface area (Å²) in [5, 5.41) is 6.36. The van der Waals surface area contributed by atoms with E-state index in [0.717, 1.165) is 170 Å². The van der Waals surface area contributed by atoms with Crippen LogP contribution < -0.4 is 18.9 Å². The minimum Gasteiger partial charge on any atom is -0.494 e. The average molecular weight is 1220 g/mol. The van der Waals surface area contributed by atoms with Gasteiger partial charge in [0.2, 0.25) is 0 Å². The zero-order valence-electron chi connectivity index (χ0n) is 57.5. The lowest BCUT2D eigenvalue weighted by Gasteiger charge is -2.16. The molecule has 4 heteroatoms. The standard InChI is InChI=1S/C88H100O4/c1-63(2)17-13-21-67(9)53-57-89-79-41-29-71(30-42-79)25-37-75-61-76(38-26-72-31-43-80(44-32-72)90-58-54-68(10)22-14-18-64(3)4)84-51-52-86-78(40-28-74-35-47-82(48-36-74)92-60-56-70(12)24-16-20-66(7)8)62-77(85-50-49-83(75)87(84)88(85)86)39-27-73-33-45-81(46-34-73)91-59-55-69(11)23-15-19-65(5)6/h17-19,29-36,41-52,61-62,66-70H,13-16,20-24,53-60H2,1-12H3/t67-,68-,69-,70-/m0/s1. The zero-order chi connectivity index (χ0) is 65.2. The molecule has 0 spiro atoms. The van der Waals surface area contributed by atoms with E-state index in [1.807, 2.05) is 48.5 Å². The third kappa shape index (κ3) is 22.4. The van der Waals surface area contributed by atoms with E-state index < -0.39 is 0 Å². The van der Waals surface area contributed by atoms with E-state index in [1.54, 1.807) is 0 Å². The first-order chi connectivity index (χ1) is 44.5. The molecular weight excluding hydrogens is 1120 g/mol. The highest BCUT2D eigenvalue weighted by molar-refractivity contribution is 6.26. The maximum Gasteiger partial charge on any atom is 0.119 e. The Morgan fingerprint density at radius 3 is 0.793 bits per heavy atom. The van der Waals surface area contributed by atoms with E-state index in [9.17, 15) is 0 Å². The fourth-order valence-corrected chi connectivity index (χ4v) is 11.4. The third-order valence-corrected chi connectivity index (χ3v) is 17.3. The molecule has 0 saturated heterocycles. The van der Waals surface area contributed by atoms with Crippen LogP contribution in [0.5, 0.6) is 23.0 Å². The molecule has 0 fully saturated rings. The Labute approximate surface area is 554 Å². The van der Waals surface area contributed by atoms with E-state index in [-0.39, 0.29) is 0 Å². The summed E-state index contributed by atoms with van der Waals surface area (Å²) >= 11 is 0. The molecule has 4 nitrogen and oxygen atoms in total. The van der Waals surface area contributed by atoms with Gasteiger partial charge in [-0.1, -0.05) is 167 Å². The van der Waals surface area contributed by atoms with E-state index in [0.29, 0.717) is 50.1 Å². The molecule has 8 aromatic carbocycles. The molecule has 476 valence electrons. The second-order valence-corrected chi connectivity index (χ2v) is 27.0. The molecular formula is C88H100O4. The molecule has 0 aliphatic rings. The molecule has 0 aromatic heterocycles. The van der Waals surface area contributed by atoms with Gasteiger partial charge in [0.15, 0.2) is 0 Å². The first-order valence-corrected chi connectivity index (χ1v) is 34.2. The summed E-state index contributed by atoms with van der Waals surface area (Å²) in [6, 6.07) is 46.0. The second-order valence-electron chi connectivity index (χ2n) is 27.0. The molecule has 8 aromatic rings. The van der Waals surface area contributed by atoms with Gasteiger partial charge in [-0.15, -0.1) is 0 Å². The van der Waals surface area contributed by atoms with E-state index in [2.05, 4.69) is 234 Å². The predicted molar refractivity (Wildman–Crippen MR) is 392 cm³/mol. The number of benzene rings is 8. The lowest BCUT2D eigenvalue weighted by Crippen LogP contribution is -2.04. The van der Waals surface area contributed by atoms with Gasteiger partial charge < -0.3 is 18.9 Å². The Morgan fingerprint density at radius 2 is 0.554 bits per heavy atom. The summed E-state index contributed by atoms with van der Waals surface area (Å²) < 4.78 is 25.0. The fourth-order valence-electron chi connectivity index (χ4n) is 11.4. The van der Waals surface area contributed by atoms with Crippen molar-refractivity contribution in [1.82, 2.24) is 0 Å². The number of allylic oxidation sites excluding steroid dienone is 6. The molecule has 0 N–H and O–H groups in total.